The van der Waals surface area contributed by atoms with Crippen molar-refractivity contribution in [3.05, 3.63) is 29.8 Å². The summed E-state index contributed by atoms with van der Waals surface area (Å²) in [5, 5.41) is 0. The van der Waals surface area contributed by atoms with Crippen molar-refractivity contribution in [2.45, 2.75) is 36.2 Å². The Bertz CT molecular complexity index is 552. The second-order valence-corrected chi connectivity index (χ2v) is 8.50. The maximum absolute atomic E-state index is 12.2. The number of hydrogen-bond acceptors (Lipinski definition) is 4. The van der Waals surface area contributed by atoms with E-state index in [0.717, 1.165) is 18.4 Å². The molecule has 1 aliphatic rings. The van der Waals surface area contributed by atoms with Crippen LogP contribution in [-0.4, -0.2) is 26.0 Å². The molecule has 2 rings (SSSR count). The van der Waals surface area contributed by atoms with Crippen molar-refractivity contribution in [1.29, 1.82) is 0 Å². The fourth-order valence-electron chi connectivity index (χ4n) is 2.67. The van der Waals surface area contributed by atoms with Gasteiger partial charge < -0.3 is 5.73 Å². The van der Waals surface area contributed by atoms with Crippen molar-refractivity contribution < 1.29 is 8.42 Å². The molecule has 0 amide bonds. The Morgan fingerprint density at radius 2 is 2.05 bits per heavy atom. The molecular weight excluding hydrogens is 292 g/mol. The van der Waals surface area contributed by atoms with E-state index in [-0.39, 0.29) is 10.5 Å². The van der Waals surface area contributed by atoms with Crippen LogP contribution in [0.3, 0.4) is 0 Å². The summed E-state index contributed by atoms with van der Waals surface area (Å²) in [5.74, 6) is -0.0114. The van der Waals surface area contributed by atoms with Gasteiger partial charge in [0.05, 0.1) is 5.75 Å². The molecule has 0 heterocycles. The predicted octanol–water partition coefficient (Wildman–Crippen LogP) is 2.36. The third-order valence-corrected chi connectivity index (χ3v) is 6.59. The molecule has 1 aromatic rings. The Morgan fingerprint density at radius 3 is 2.65 bits per heavy atom. The number of nitrogens with two attached hydrogens (primary N) is 1. The monoisotopic (exact) mass is 314 g/mol. The maximum Gasteiger partial charge on any atom is 0.215 e. The maximum atomic E-state index is 12.2. The molecule has 20 heavy (non-hydrogen) atoms. The van der Waals surface area contributed by atoms with Gasteiger partial charge in [-0.2, -0.15) is 11.8 Å². The van der Waals surface area contributed by atoms with E-state index in [2.05, 4.69) is 11.0 Å². The van der Waals surface area contributed by atoms with Gasteiger partial charge in [0, 0.05) is 17.0 Å². The van der Waals surface area contributed by atoms with Gasteiger partial charge in [0.1, 0.15) is 0 Å². The molecule has 4 nitrogen and oxygen atoms in total. The predicted molar refractivity (Wildman–Crippen MR) is 86.2 cm³/mol. The lowest BCUT2D eigenvalue weighted by atomic mass is 10.1. The van der Waals surface area contributed by atoms with Gasteiger partial charge in [-0.15, -0.1) is 0 Å². The van der Waals surface area contributed by atoms with Crippen LogP contribution in [0, 0.1) is 0 Å². The summed E-state index contributed by atoms with van der Waals surface area (Å²) in [4.78, 5) is 0. The van der Waals surface area contributed by atoms with Gasteiger partial charge in [-0.3, -0.25) is 0 Å². The van der Waals surface area contributed by atoms with Crippen LogP contribution in [0.2, 0.25) is 0 Å². The number of rotatable bonds is 6. The molecule has 1 saturated carbocycles. The molecule has 0 aliphatic heterocycles. The number of sulfonamides is 1. The zero-order valence-corrected chi connectivity index (χ0v) is 13.4. The van der Waals surface area contributed by atoms with E-state index in [1.165, 1.54) is 12.8 Å². The molecular formula is C14H22N2O2S2. The largest absolute Gasteiger partial charge is 0.399 e. The highest BCUT2D eigenvalue weighted by Crippen LogP contribution is 2.39. The molecule has 0 atom stereocenters. The molecule has 0 bridgehead atoms. The Morgan fingerprint density at radius 1 is 1.35 bits per heavy atom. The minimum absolute atomic E-state index is 0.0114. The molecule has 0 saturated heterocycles. The van der Waals surface area contributed by atoms with Crippen molar-refractivity contribution in [2.24, 2.45) is 0 Å². The highest BCUT2D eigenvalue weighted by atomic mass is 32.2. The second kappa shape index (κ2) is 6.37. The van der Waals surface area contributed by atoms with Gasteiger partial charge in [-0.1, -0.05) is 25.0 Å². The summed E-state index contributed by atoms with van der Waals surface area (Å²) in [6.07, 6.45) is 6.64. The molecule has 0 radical (unpaired) electrons. The molecule has 0 aromatic heterocycles. The fourth-order valence-corrected chi connectivity index (χ4v) is 4.89. The minimum atomic E-state index is -3.31. The molecule has 6 heteroatoms. The number of nitrogen functional groups attached to an aromatic ring is 1. The normalized spacial score (nSPS) is 18.2. The molecule has 112 valence electrons. The number of hydrogen-bond donors (Lipinski definition) is 2. The van der Waals surface area contributed by atoms with E-state index in [1.54, 1.807) is 36.0 Å². The second-order valence-electron chi connectivity index (χ2n) is 5.42. The third kappa shape index (κ3) is 4.14. The van der Waals surface area contributed by atoms with Gasteiger partial charge in [-0.25, -0.2) is 13.1 Å². The van der Waals surface area contributed by atoms with E-state index in [1.807, 2.05) is 0 Å². The average molecular weight is 314 g/mol. The quantitative estimate of drug-likeness (QED) is 0.791. The molecule has 0 unspecified atom stereocenters. The number of nitrogens with one attached hydrogen (secondary N) is 1. The first-order valence-electron chi connectivity index (χ1n) is 6.82. The first-order chi connectivity index (χ1) is 9.45. The highest BCUT2D eigenvalue weighted by Gasteiger charge is 2.33. The van der Waals surface area contributed by atoms with Crippen LogP contribution >= 0.6 is 11.8 Å². The lowest BCUT2D eigenvalue weighted by Gasteiger charge is -2.26. The van der Waals surface area contributed by atoms with Crippen molar-refractivity contribution in [3.8, 4) is 0 Å². The van der Waals surface area contributed by atoms with Crippen LogP contribution in [0.25, 0.3) is 0 Å². The molecule has 1 aromatic carbocycles. The molecule has 1 fully saturated rings. The standard InChI is InChI=1S/C14H22N2O2S2/c1-19-14(7-2-3-8-14)11-16-20(17,18)10-12-5-4-6-13(15)9-12/h4-6,9,16H,2-3,7-8,10-11,15H2,1H3. The smallest absolute Gasteiger partial charge is 0.215 e. The number of benzene rings is 1. The Balaban J connectivity index is 1.97. The van der Waals surface area contributed by atoms with Crippen molar-refractivity contribution in [2.75, 3.05) is 18.5 Å². The van der Waals surface area contributed by atoms with Crippen LogP contribution in [0.15, 0.2) is 24.3 Å². The zero-order chi connectivity index (χ0) is 14.6. The van der Waals surface area contributed by atoms with Crippen LogP contribution in [0.1, 0.15) is 31.2 Å². The van der Waals surface area contributed by atoms with E-state index < -0.39 is 10.0 Å². The SMILES string of the molecule is CSC1(CNS(=O)(=O)Cc2cccc(N)c2)CCCC1. The van der Waals surface area contributed by atoms with E-state index in [9.17, 15) is 8.42 Å². The first kappa shape index (κ1) is 15.7. The molecule has 1 aliphatic carbocycles. The van der Waals surface area contributed by atoms with Crippen LogP contribution in [-0.2, 0) is 15.8 Å². The summed E-state index contributed by atoms with van der Waals surface area (Å²) in [5.41, 5.74) is 6.99. The van der Waals surface area contributed by atoms with Gasteiger partial charge >= 0.3 is 0 Å². The first-order valence-corrected chi connectivity index (χ1v) is 9.69. The van der Waals surface area contributed by atoms with Gasteiger partial charge in [0.15, 0.2) is 0 Å². The number of anilines is 1. The van der Waals surface area contributed by atoms with Gasteiger partial charge in [-0.05, 0) is 36.8 Å². The average Bonchev–Trinajstić information content (AvgIpc) is 2.86. The minimum Gasteiger partial charge on any atom is -0.399 e. The van der Waals surface area contributed by atoms with Gasteiger partial charge in [0.25, 0.3) is 0 Å². The summed E-state index contributed by atoms with van der Waals surface area (Å²) < 4.78 is 27.2. The molecule has 3 N–H and O–H groups in total. The van der Waals surface area contributed by atoms with Crippen LogP contribution in [0.4, 0.5) is 5.69 Å². The number of thioether (sulfide) groups is 1. The van der Waals surface area contributed by atoms with Crippen molar-refractivity contribution in [1.82, 2.24) is 4.72 Å². The molecule has 0 spiro atoms. The van der Waals surface area contributed by atoms with E-state index in [4.69, 9.17) is 5.73 Å². The summed E-state index contributed by atoms with van der Waals surface area (Å²) >= 11 is 1.78. The van der Waals surface area contributed by atoms with Crippen molar-refractivity contribution in [3.63, 3.8) is 0 Å². The Kier molecular flexibility index (Phi) is 4.99. The summed E-state index contributed by atoms with van der Waals surface area (Å²) in [6.45, 7) is 0.527. The van der Waals surface area contributed by atoms with E-state index in [0.29, 0.717) is 12.2 Å². The lowest BCUT2D eigenvalue weighted by molar-refractivity contribution is 0.550. The third-order valence-electron chi connectivity index (χ3n) is 3.87. The van der Waals surface area contributed by atoms with E-state index >= 15 is 0 Å². The van der Waals surface area contributed by atoms with Crippen molar-refractivity contribution >= 4 is 27.5 Å². The van der Waals surface area contributed by atoms with Crippen LogP contribution < -0.4 is 10.5 Å². The van der Waals surface area contributed by atoms with Gasteiger partial charge in [0.2, 0.25) is 10.0 Å². The summed E-state index contributed by atoms with van der Waals surface area (Å²) in [7, 11) is -3.31. The Labute approximate surface area is 125 Å². The van der Waals surface area contributed by atoms with Crippen LogP contribution in [0.5, 0.6) is 0 Å². The summed E-state index contributed by atoms with van der Waals surface area (Å²) in [6, 6.07) is 7.03. The fraction of sp³-hybridized carbons (Fsp3) is 0.571. The lowest BCUT2D eigenvalue weighted by Crippen LogP contribution is -2.38. The zero-order valence-electron chi connectivity index (χ0n) is 11.8. The Hall–Kier alpha value is -0.720. The topological polar surface area (TPSA) is 72.2 Å². The highest BCUT2D eigenvalue weighted by molar-refractivity contribution is 8.00.